The van der Waals surface area contributed by atoms with Crippen LogP contribution in [-0.4, -0.2) is 20.5 Å². The van der Waals surface area contributed by atoms with Gasteiger partial charge in [0.15, 0.2) is 5.65 Å². The van der Waals surface area contributed by atoms with Crippen molar-refractivity contribution in [2.45, 2.75) is 26.2 Å². The van der Waals surface area contributed by atoms with Crippen LogP contribution in [0.15, 0.2) is 30.5 Å². The standard InChI is InChI=1S/C19H16N4O/c1-3-13-7-9-14(10-8-13)22-19(24)16-11-20-23-17-6-4-5-15(17)12(2)21-18(16)23/h1,7-11H,4-6H2,2H3,(H,22,24). The van der Waals surface area contributed by atoms with E-state index in [0.717, 1.165) is 30.5 Å². The normalized spacial score (nSPS) is 12.8. The number of carbonyl (C=O) groups is 1. The quantitative estimate of drug-likeness (QED) is 0.740. The molecule has 1 N–H and O–H groups in total. The van der Waals surface area contributed by atoms with Crippen molar-refractivity contribution < 1.29 is 4.79 Å². The lowest BCUT2D eigenvalue weighted by molar-refractivity contribution is 0.102. The van der Waals surface area contributed by atoms with Crippen molar-refractivity contribution in [3.63, 3.8) is 0 Å². The van der Waals surface area contributed by atoms with Crippen molar-refractivity contribution in [2.75, 3.05) is 5.32 Å². The number of anilines is 1. The number of aryl methyl sites for hydroxylation is 2. The number of aromatic nitrogens is 3. The highest BCUT2D eigenvalue weighted by atomic mass is 16.1. The number of fused-ring (bicyclic) bond motifs is 3. The number of nitrogens with one attached hydrogen (secondary N) is 1. The molecule has 0 radical (unpaired) electrons. The first-order valence-corrected chi connectivity index (χ1v) is 7.91. The molecular formula is C19H16N4O. The molecule has 5 nitrogen and oxygen atoms in total. The van der Waals surface area contributed by atoms with Crippen LogP contribution in [0.5, 0.6) is 0 Å². The molecule has 1 aliphatic rings. The Kier molecular flexibility index (Phi) is 3.31. The summed E-state index contributed by atoms with van der Waals surface area (Å²) in [6.45, 7) is 2.00. The van der Waals surface area contributed by atoms with E-state index in [1.54, 1.807) is 30.5 Å². The van der Waals surface area contributed by atoms with Crippen LogP contribution < -0.4 is 5.32 Å². The zero-order valence-electron chi connectivity index (χ0n) is 13.3. The SMILES string of the molecule is C#Cc1ccc(NC(=O)c2cnn3c4c(c(C)nc23)CCC4)cc1. The van der Waals surface area contributed by atoms with E-state index in [4.69, 9.17) is 6.42 Å². The largest absolute Gasteiger partial charge is 0.322 e. The van der Waals surface area contributed by atoms with Crippen LogP contribution in [0.3, 0.4) is 0 Å². The van der Waals surface area contributed by atoms with Gasteiger partial charge in [0, 0.05) is 22.6 Å². The van der Waals surface area contributed by atoms with Gasteiger partial charge in [0.2, 0.25) is 0 Å². The molecule has 4 rings (SSSR count). The maximum atomic E-state index is 12.6. The zero-order valence-corrected chi connectivity index (χ0v) is 13.3. The summed E-state index contributed by atoms with van der Waals surface area (Å²) in [5, 5.41) is 7.26. The van der Waals surface area contributed by atoms with Crippen molar-refractivity contribution in [1.29, 1.82) is 0 Å². The number of rotatable bonds is 2. The van der Waals surface area contributed by atoms with Crippen molar-refractivity contribution in [1.82, 2.24) is 14.6 Å². The third-order valence-corrected chi connectivity index (χ3v) is 4.45. The van der Waals surface area contributed by atoms with Gasteiger partial charge in [-0.15, -0.1) is 6.42 Å². The molecule has 2 heterocycles. The zero-order chi connectivity index (χ0) is 16.7. The minimum absolute atomic E-state index is 0.219. The molecule has 0 atom stereocenters. The van der Waals surface area contributed by atoms with Gasteiger partial charge in [-0.3, -0.25) is 4.79 Å². The van der Waals surface area contributed by atoms with Crippen molar-refractivity contribution >= 4 is 17.2 Å². The lowest BCUT2D eigenvalue weighted by Gasteiger charge is -2.07. The molecule has 0 saturated carbocycles. The van der Waals surface area contributed by atoms with Crippen molar-refractivity contribution in [2.24, 2.45) is 0 Å². The van der Waals surface area contributed by atoms with Crippen LogP contribution in [0.2, 0.25) is 0 Å². The third-order valence-electron chi connectivity index (χ3n) is 4.45. The fourth-order valence-corrected chi connectivity index (χ4v) is 3.23. The highest BCUT2D eigenvalue weighted by molar-refractivity contribution is 6.08. The molecule has 0 saturated heterocycles. The Morgan fingerprint density at radius 3 is 2.83 bits per heavy atom. The lowest BCUT2D eigenvalue weighted by Crippen LogP contribution is -2.13. The number of carbonyl (C=O) groups excluding carboxylic acids is 1. The van der Waals surface area contributed by atoms with Crippen LogP contribution in [0, 0.1) is 19.3 Å². The minimum atomic E-state index is -0.219. The van der Waals surface area contributed by atoms with Crippen LogP contribution in [-0.2, 0) is 12.8 Å². The second-order valence-corrected chi connectivity index (χ2v) is 5.95. The first-order valence-electron chi connectivity index (χ1n) is 7.91. The number of nitrogens with zero attached hydrogens (tertiary/aromatic N) is 3. The fraction of sp³-hybridized carbons (Fsp3) is 0.211. The van der Waals surface area contributed by atoms with E-state index < -0.39 is 0 Å². The van der Waals surface area contributed by atoms with E-state index in [9.17, 15) is 4.79 Å². The van der Waals surface area contributed by atoms with Gasteiger partial charge in [0.05, 0.1) is 6.20 Å². The summed E-state index contributed by atoms with van der Waals surface area (Å²) in [7, 11) is 0. The van der Waals surface area contributed by atoms with E-state index >= 15 is 0 Å². The molecule has 2 aromatic heterocycles. The summed E-state index contributed by atoms with van der Waals surface area (Å²) >= 11 is 0. The van der Waals surface area contributed by atoms with Gasteiger partial charge in [-0.1, -0.05) is 5.92 Å². The van der Waals surface area contributed by atoms with E-state index in [1.807, 2.05) is 11.4 Å². The molecule has 1 aliphatic carbocycles. The Bertz CT molecular complexity index is 993. The first-order chi connectivity index (χ1) is 11.7. The Balaban J connectivity index is 1.70. The predicted octanol–water partition coefficient (Wildman–Crippen LogP) is 2.76. The number of benzene rings is 1. The van der Waals surface area contributed by atoms with Gasteiger partial charge in [0.1, 0.15) is 5.56 Å². The molecule has 0 bridgehead atoms. The molecule has 3 aromatic rings. The summed E-state index contributed by atoms with van der Waals surface area (Å²) in [6.07, 6.45) is 10.1. The smallest absolute Gasteiger partial charge is 0.261 e. The summed E-state index contributed by atoms with van der Waals surface area (Å²) in [5.41, 5.74) is 5.99. The van der Waals surface area contributed by atoms with Crippen LogP contribution in [0.1, 0.15) is 39.3 Å². The molecule has 24 heavy (non-hydrogen) atoms. The summed E-state index contributed by atoms with van der Waals surface area (Å²) in [5.74, 6) is 2.33. The van der Waals surface area contributed by atoms with E-state index in [-0.39, 0.29) is 5.91 Å². The number of amides is 1. The Labute approximate surface area is 139 Å². The Hall–Kier alpha value is -3.13. The molecular weight excluding hydrogens is 300 g/mol. The van der Waals surface area contributed by atoms with Crippen molar-refractivity contribution in [3.05, 3.63) is 58.5 Å². The number of hydrogen-bond donors (Lipinski definition) is 1. The molecule has 118 valence electrons. The van der Waals surface area contributed by atoms with Gasteiger partial charge in [0.25, 0.3) is 5.91 Å². The van der Waals surface area contributed by atoms with Gasteiger partial charge in [-0.05, 0) is 56.0 Å². The Morgan fingerprint density at radius 1 is 1.29 bits per heavy atom. The van der Waals surface area contributed by atoms with E-state index in [1.165, 1.54) is 11.3 Å². The topological polar surface area (TPSA) is 59.3 Å². The minimum Gasteiger partial charge on any atom is -0.322 e. The van der Waals surface area contributed by atoms with Gasteiger partial charge < -0.3 is 5.32 Å². The second-order valence-electron chi connectivity index (χ2n) is 5.95. The highest BCUT2D eigenvalue weighted by Crippen LogP contribution is 2.26. The molecule has 1 aromatic carbocycles. The molecule has 0 unspecified atom stereocenters. The average molecular weight is 316 g/mol. The van der Waals surface area contributed by atoms with Crippen LogP contribution in [0.4, 0.5) is 5.69 Å². The molecule has 0 fully saturated rings. The Morgan fingerprint density at radius 2 is 2.08 bits per heavy atom. The number of hydrogen-bond acceptors (Lipinski definition) is 3. The summed E-state index contributed by atoms with van der Waals surface area (Å²) in [6, 6.07) is 7.16. The first kappa shape index (κ1) is 14.5. The van der Waals surface area contributed by atoms with E-state index in [2.05, 4.69) is 21.3 Å². The van der Waals surface area contributed by atoms with Gasteiger partial charge >= 0.3 is 0 Å². The molecule has 0 spiro atoms. The van der Waals surface area contributed by atoms with E-state index in [0.29, 0.717) is 16.9 Å². The maximum absolute atomic E-state index is 12.6. The summed E-state index contributed by atoms with van der Waals surface area (Å²) in [4.78, 5) is 17.2. The lowest BCUT2D eigenvalue weighted by atomic mass is 10.2. The number of terminal acetylenes is 1. The molecule has 0 aliphatic heterocycles. The average Bonchev–Trinajstić information content (AvgIpc) is 3.22. The molecule has 5 heteroatoms. The second kappa shape index (κ2) is 5.50. The van der Waals surface area contributed by atoms with Crippen LogP contribution >= 0.6 is 0 Å². The fourth-order valence-electron chi connectivity index (χ4n) is 3.23. The monoisotopic (exact) mass is 316 g/mol. The van der Waals surface area contributed by atoms with Gasteiger partial charge in [-0.2, -0.15) is 5.10 Å². The third kappa shape index (κ3) is 2.24. The van der Waals surface area contributed by atoms with Crippen LogP contribution in [0.25, 0.3) is 5.65 Å². The maximum Gasteiger partial charge on any atom is 0.261 e. The predicted molar refractivity (Wildman–Crippen MR) is 92.1 cm³/mol. The van der Waals surface area contributed by atoms with Crippen molar-refractivity contribution in [3.8, 4) is 12.3 Å². The summed E-state index contributed by atoms with van der Waals surface area (Å²) < 4.78 is 1.81. The highest BCUT2D eigenvalue weighted by Gasteiger charge is 2.22. The van der Waals surface area contributed by atoms with Gasteiger partial charge in [-0.25, -0.2) is 9.50 Å². The molecule has 1 amide bonds.